The van der Waals surface area contributed by atoms with Gasteiger partial charge in [-0.15, -0.1) is 11.3 Å². The van der Waals surface area contributed by atoms with Gasteiger partial charge in [-0.2, -0.15) is 0 Å². The van der Waals surface area contributed by atoms with Gasteiger partial charge >= 0.3 is 5.97 Å². The molecule has 28 heavy (non-hydrogen) atoms. The van der Waals surface area contributed by atoms with Crippen LogP contribution in [-0.2, 0) is 9.53 Å². The third kappa shape index (κ3) is 6.78. The number of azide groups is 1. The highest BCUT2D eigenvalue weighted by Crippen LogP contribution is 2.25. The van der Waals surface area contributed by atoms with Gasteiger partial charge in [-0.25, -0.2) is 9.78 Å². The maximum Gasteiger partial charge on any atom is 0.357 e. The average Bonchev–Trinajstić information content (AvgIpc) is 3.15. The summed E-state index contributed by atoms with van der Waals surface area (Å²) >= 11 is 1.17. The molecule has 9 nitrogen and oxygen atoms in total. The summed E-state index contributed by atoms with van der Waals surface area (Å²) in [5.41, 5.74) is 8.90. The van der Waals surface area contributed by atoms with E-state index in [1.807, 2.05) is 27.7 Å². The zero-order valence-corrected chi connectivity index (χ0v) is 17.8. The van der Waals surface area contributed by atoms with Crippen molar-refractivity contribution in [2.24, 2.45) is 17.0 Å². The molecule has 0 unspecified atom stereocenters. The number of nitrogens with one attached hydrogen (secondary N) is 1. The Bertz CT molecular complexity index is 702. The van der Waals surface area contributed by atoms with Crippen LogP contribution in [0.4, 0.5) is 0 Å². The van der Waals surface area contributed by atoms with E-state index in [2.05, 4.69) is 20.3 Å². The predicted molar refractivity (Wildman–Crippen MR) is 107 cm³/mol. The number of hydrogen-bond donors (Lipinski definition) is 2. The first kappa shape index (κ1) is 23.9. The molecule has 0 radical (unpaired) electrons. The maximum absolute atomic E-state index is 12.6. The number of ether oxygens (including phenoxy) is 1. The molecule has 4 atom stereocenters. The predicted octanol–water partition coefficient (Wildman–Crippen LogP) is 3.61. The van der Waals surface area contributed by atoms with Gasteiger partial charge in [-0.3, -0.25) is 4.79 Å². The first-order valence-electron chi connectivity index (χ1n) is 9.40. The Kier molecular flexibility index (Phi) is 9.92. The lowest BCUT2D eigenvalue weighted by Gasteiger charge is -2.27. The summed E-state index contributed by atoms with van der Waals surface area (Å²) in [5, 5.41) is 19.0. The van der Waals surface area contributed by atoms with E-state index in [0.717, 1.165) is 0 Å². The molecule has 1 amide bonds. The smallest absolute Gasteiger partial charge is 0.357 e. The van der Waals surface area contributed by atoms with Crippen molar-refractivity contribution in [3.05, 3.63) is 26.5 Å². The highest BCUT2D eigenvalue weighted by atomic mass is 32.1. The van der Waals surface area contributed by atoms with Crippen LogP contribution in [-0.4, -0.2) is 40.7 Å². The fraction of sp³-hybridized carbons (Fsp3) is 0.722. The summed E-state index contributed by atoms with van der Waals surface area (Å²) in [7, 11) is 0. The fourth-order valence-corrected chi connectivity index (χ4v) is 3.34. The Labute approximate surface area is 169 Å². The van der Waals surface area contributed by atoms with Gasteiger partial charge in [0, 0.05) is 22.8 Å². The molecule has 1 heterocycles. The Morgan fingerprint density at radius 1 is 1.39 bits per heavy atom. The second-order valence-corrected chi connectivity index (χ2v) is 7.83. The zero-order chi connectivity index (χ0) is 21.3. The molecule has 0 aliphatic rings. The number of esters is 1. The van der Waals surface area contributed by atoms with Crippen LogP contribution in [0.25, 0.3) is 10.4 Å². The maximum atomic E-state index is 12.6. The minimum atomic E-state index is -0.942. The number of aliphatic hydroxyl groups is 1. The van der Waals surface area contributed by atoms with Crippen LogP contribution in [0.2, 0.25) is 0 Å². The normalized spacial score (nSPS) is 15.2. The third-order valence-electron chi connectivity index (χ3n) is 4.53. The first-order valence-corrected chi connectivity index (χ1v) is 10.3. The number of amides is 1. The van der Waals surface area contributed by atoms with Gasteiger partial charge in [0.2, 0.25) is 5.91 Å². The molecule has 1 aromatic rings. The van der Waals surface area contributed by atoms with E-state index >= 15 is 0 Å². The third-order valence-corrected chi connectivity index (χ3v) is 5.47. The highest BCUT2D eigenvalue weighted by molar-refractivity contribution is 7.09. The molecule has 1 rings (SSSR count). The zero-order valence-electron chi connectivity index (χ0n) is 17.0. The van der Waals surface area contributed by atoms with Gasteiger partial charge in [-0.1, -0.05) is 39.2 Å². The molecule has 10 heteroatoms. The van der Waals surface area contributed by atoms with Gasteiger partial charge in [0.1, 0.15) is 17.2 Å². The van der Waals surface area contributed by atoms with Gasteiger partial charge in [0.15, 0.2) is 5.69 Å². The van der Waals surface area contributed by atoms with Crippen molar-refractivity contribution in [2.45, 2.75) is 65.6 Å². The summed E-state index contributed by atoms with van der Waals surface area (Å²) in [6.07, 6.45) is -0.0211. The summed E-state index contributed by atoms with van der Waals surface area (Å²) in [6.45, 7) is 9.58. The van der Waals surface area contributed by atoms with Crippen molar-refractivity contribution < 1.29 is 19.4 Å². The van der Waals surface area contributed by atoms with E-state index in [0.29, 0.717) is 11.4 Å². The number of aromatic nitrogens is 1. The average molecular weight is 412 g/mol. The summed E-state index contributed by atoms with van der Waals surface area (Å²) < 4.78 is 4.90. The van der Waals surface area contributed by atoms with Crippen molar-refractivity contribution in [3.8, 4) is 0 Å². The van der Waals surface area contributed by atoms with E-state index in [-0.39, 0.29) is 42.5 Å². The topological polar surface area (TPSA) is 137 Å². The van der Waals surface area contributed by atoms with Crippen LogP contribution in [0.1, 0.15) is 69.1 Å². The largest absolute Gasteiger partial charge is 0.461 e. The molecular weight excluding hydrogens is 382 g/mol. The van der Waals surface area contributed by atoms with E-state index in [4.69, 9.17) is 10.3 Å². The number of hydrogen-bond acceptors (Lipinski definition) is 7. The van der Waals surface area contributed by atoms with Gasteiger partial charge in [0.25, 0.3) is 0 Å². The molecule has 0 aliphatic heterocycles. The van der Waals surface area contributed by atoms with Crippen LogP contribution in [0, 0.1) is 11.8 Å². The van der Waals surface area contributed by atoms with Crippen molar-refractivity contribution in [2.75, 3.05) is 6.61 Å². The Morgan fingerprint density at radius 3 is 2.61 bits per heavy atom. The van der Waals surface area contributed by atoms with Crippen molar-refractivity contribution in [1.82, 2.24) is 10.3 Å². The molecule has 1 aromatic heterocycles. The minimum absolute atomic E-state index is 0.0340. The first-order chi connectivity index (χ1) is 13.2. The molecule has 0 spiro atoms. The van der Waals surface area contributed by atoms with E-state index < -0.39 is 18.1 Å². The lowest BCUT2D eigenvalue weighted by molar-refractivity contribution is -0.124. The number of rotatable bonds is 11. The van der Waals surface area contributed by atoms with Crippen LogP contribution < -0.4 is 5.32 Å². The molecule has 0 saturated carbocycles. The van der Waals surface area contributed by atoms with Crippen molar-refractivity contribution >= 4 is 23.2 Å². The number of thiazole rings is 1. The van der Waals surface area contributed by atoms with Crippen LogP contribution in [0.5, 0.6) is 0 Å². The fourth-order valence-electron chi connectivity index (χ4n) is 2.55. The van der Waals surface area contributed by atoms with Crippen molar-refractivity contribution in [1.29, 1.82) is 0 Å². The minimum Gasteiger partial charge on any atom is -0.461 e. The molecule has 156 valence electrons. The van der Waals surface area contributed by atoms with Crippen LogP contribution in [0.15, 0.2) is 10.5 Å². The number of carbonyl (C=O) groups excluding carboxylic acids is 2. The molecule has 0 aliphatic carbocycles. The number of nitrogens with zero attached hydrogens (tertiary/aromatic N) is 4. The van der Waals surface area contributed by atoms with E-state index in [1.165, 1.54) is 11.3 Å². The molecule has 0 saturated heterocycles. The number of carbonyl (C=O) groups is 2. The SMILES string of the molecule is CCOC(=O)c1csc([C@H](O)C[C@@H](NC(=O)[C@@H](N=[N+]=[N-])[C@@H](C)CC)C(C)C)n1. The monoisotopic (exact) mass is 411 g/mol. The molecule has 0 bridgehead atoms. The van der Waals surface area contributed by atoms with E-state index in [9.17, 15) is 14.7 Å². The lowest BCUT2D eigenvalue weighted by Crippen LogP contribution is -2.45. The second-order valence-electron chi connectivity index (χ2n) is 6.94. The van der Waals surface area contributed by atoms with Gasteiger partial charge < -0.3 is 15.2 Å². The lowest BCUT2D eigenvalue weighted by atomic mass is 9.95. The van der Waals surface area contributed by atoms with Crippen LogP contribution >= 0.6 is 11.3 Å². The Hall–Kier alpha value is -2.16. The van der Waals surface area contributed by atoms with Crippen LogP contribution in [0.3, 0.4) is 0 Å². The second kappa shape index (κ2) is 11.6. The van der Waals surface area contributed by atoms with Crippen molar-refractivity contribution in [3.63, 3.8) is 0 Å². The van der Waals surface area contributed by atoms with E-state index in [1.54, 1.807) is 12.3 Å². The molecule has 0 fully saturated rings. The molecule has 2 N–H and O–H groups in total. The van der Waals surface area contributed by atoms with Gasteiger partial charge in [-0.05, 0) is 24.3 Å². The Balaban J connectivity index is 2.85. The Morgan fingerprint density at radius 2 is 2.07 bits per heavy atom. The summed E-state index contributed by atoms with van der Waals surface area (Å²) in [6, 6.07) is -1.15. The summed E-state index contributed by atoms with van der Waals surface area (Å²) in [5.74, 6) is -0.951. The molecular formula is C18H29N5O4S. The quantitative estimate of drug-likeness (QED) is 0.248. The van der Waals surface area contributed by atoms with Gasteiger partial charge in [0.05, 0.1) is 6.61 Å². The molecule has 0 aromatic carbocycles. The standard InChI is InChI=1S/C18H29N5O4S/c1-6-11(5)15(22-23-19)16(25)20-12(10(3)4)8-14(24)17-21-13(9-28-17)18(26)27-7-2/h9-12,14-15,24H,6-8H2,1-5H3,(H,20,25)/t11-,12+,14+,15-/m0/s1. The summed E-state index contributed by atoms with van der Waals surface area (Å²) in [4.78, 5) is 31.3. The highest BCUT2D eigenvalue weighted by Gasteiger charge is 2.28. The number of aliphatic hydroxyl groups excluding tert-OH is 1.